The summed E-state index contributed by atoms with van der Waals surface area (Å²) in [5, 5.41) is 12.8. The van der Waals surface area contributed by atoms with Gasteiger partial charge < -0.3 is 19.9 Å². The zero-order chi connectivity index (χ0) is 20.8. The van der Waals surface area contributed by atoms with E-state index in [4.69, 9.17) is 9.47 Å². The fraction of sp³-hybridized carbons (Fsp3) is 0.208. The van der Waals surface area contributed by atoms with Crippen molar-refractivity contribution in [3.8, 4) is 22.6 Å². The van der Waals surface area contributed by atoms with E-state index in [1.807, 2.05) is 42.5 Å². The van der Waals surface area contributed by atoms with E-state index in [0.717, 1.165) is 28.0 Å². The Hall–Kier alpha value is -3.31. The summed E-state index contributed by atoms with van der Waals surface area (Å²) in [6.45, 7) is 2.77. The van der Waals surface area contributed by atoms with E-state index in [1.54, 1.807) is 32.4 Å². The molecular formula is C24H25NO4. The first-order chi connectivity index (χ1) is 14.0. The molecule has 2 N–H and O–H groups in total. The van der Waals surface area contributed by atoms with Crippen molar-refractivity contribution in [3.05, 3.63) is 83.4 Å². The van der Waals surface area contributed by atoms with Crippen molar-refractivity contribution in [2.45, 2.75) is 19.5 Å². The van der Waals surface area contributed by atoms with Gasteiger partial charge in [0.05, 0.1) is 19.8 Å². The Balaban J connectivity index is 1.81. The van der Waals surface area contributed by atoms with Gasteiger partial charge in [0.15, 0.2) is 0 Å². The van der Waals surface area contributed by atoms with Gasteiger partial charge in [-0.2, -0.15) is 0 Å². The standard InChI is InChI=1S/C24H25NO4/c1-16(18-6-5-9-21(14-18)28-2)25-15-17-10-11-23(29-3)22(12-17)19-7-4-8-20(13-19)24(26)27/h4-14,16,25H,15H2,1-3H3,(H,26,27). The zero-order valence-corrected chi connectivity index (χ0v) is 16.8. The first kappa shape index (κ1) is 20.4. The summed E-state index contributed by atoms with van der Waals surface area (Å²) < 4.78 is 10.8. The molecule has 150 valence electrons. The van der Waals surface area contributed by atoms with Gasteiger partial charge in [-0.05, 0) is 60.0 Å². The maximum Gasteiger partial charge on any atom is 0.335 e. The van der Waals surface area contributed by atoms with Gasteiger partial charge in [0.2, 0.25) is 0 Å². The van der Waals surface area contributed by atoms with Crippen molar-refractivity contribution in [2.24, 2.45) is 0 Å². The maximum absolute atomic E-state index is 11.3. The highest BCUT2D eigenvalue weighted by molar-refractivity contribution is 5.89. The van der Waals surface area contributed by atoms with Gasteiger partial charge in [0.25, 0.3) is 0 Å². The molecule has 0 heterocycles. The minimum Gasteiger partial charge on any atom is -0.497 e. The molecule has 1 atom stereocenters. The number of methoxy groups -OCH3 is 2. The molecule has 0 spiro atoms. The van der Waals surface area contributed by atoms with E-state index in [-0.39, 0.29) is 11.6 Å². The van der Waals surface area contributed by atoms with E-state index >= 15 is 0 Å². The van der Waals surface area contributed by atoms with Crippen LogP contribution in [0, 0.1) is 0 Å². The topological polar surface area (TPSA) is 67.8 Å². The Morgan fingerprint density at radius 1 is 1.00 bits per heavy atom. The minimum atomic E-state index is -0.948. The summed E-state index contributed by atoms with van der Waals surface area (Å²) in [6.07, 6.45) is 0. The number of nitrogens with one attached hydrogen (secondary N) is 1. The molecule has 0 aliphatic heterocycles. The lowest BCUT2D eigenvalue weighted by molar-refractivity contribution is 0.0697. The van der Waals surface area contributed by atoms with Crippen LogP contribution < -0.4 is 14.8 Å². The Kier molecular flexibility index (Phi) is 6.52. The van der Waals surface area contributed by atoms with Crippen LogP contribution in [0.4, 0.5) is 0 Å². The molecule has 1 unspecified atom stereocenters. The third-order valence-electron chi connectivity index (χ3n) is 4.89. The van der Waals surface area contributed by atoms with Crippen LogP contribution in [0.3, 0.4) is 0 Å². The second-order valence-corrected chi connectivity index (χ2v) is 6.80. The number of hydrogen-bond donors (Lipinski definition) is 2. The summed E-state index contributed by atoms with van der Waals surface area (Å²) in [5.41, 5.74) is 4.15. The van der Waals surface area contributed by atoms with Gasteiger partial charge >= 0.3 is 5.97 Å². The highest BCUT2D eigenvalue weighted by Gasteiger charge is 2.11. The van der Waals surface area contributed by atoms with Crippen molar-refractivity contribution < 1.29 is 19.4 Å². The van der Waals surface area contributed by atoms with E-state index < -0.39 is 5.97 Å². The van der Waals surface area contributed by atoms with Gasteiger partial charge in [-0.25, -0.2) is 4.79 Å². The molecule has 3 aromatic carbocycles. The van der Waals surface area contributed by atoms with Gasteiger partial charge in [0.1, 0.15) is 11.5 Å². The van der Waals surface area contributed by atoms with Crippen LogP contribution in [-0.4, -0.2) is 25.3 Å². The third-order valence-corrected chi connectivity index (χ3v) is 4.89. The predicted molar refractivity (Wildman–Crippen MR) is 114 cm³/mol. The van der Waals surface area contributed by atoms with E-state index in [0.29, 0.717) is 12.3 Å². The van der Waals surface area contributed by atoms with Gasteiger partial charge in [-0.1, -0.05) is 30.3 Å². The number of rotatable bonds is 8. The molecule has 5 heteroatoms. The maximum atomic E-state index is 11.3. The number of ether oxygens (including phenoxy) is 2. The Bertz CT molecular complexity index is 1000. The molecule has 0 aliphatic carbocycles. The van der Waals surface area contributed by atoms with Crippen LogP contribution in [0.15, 0.2) is 66.7 Å². The summed E-state index contributed by atoms with van der Waals surface area (Å²) in [6, 6.07) is 21.0. The van der Waals surface area contributed by atoms with Gasteiger partial charge in [-0.15, -0.1) is 0 Å². The van der Waals surface area contributed by atoms with Crippen LogP contribution in [0.25, 0.3) is 11.1 Å². The number of carboxylic acid groups (broad SMARTS) is 1. The average molecular weight is 391 g/mol. The SMILES string of the molecule is COc1cccc(C(C)NCc2ccc(OC)c(-c3cccc(C(=O)O)c3)c2)c1. The number of benzene rings is 3. The number of carbonyl (C=O) groups is 1. The third kappa shape index (κ3) is 4.95. The molecule has 0 aromatic heterocycles. The van der Waals surface area contributed by atoms with E-state index in [1.165, 1.54) is 0 Å². The monoisotopic (exact) mass is 391 g/mol. The van der Waals surface area contributed by atoms with Crippen molar-refractivity contribution in [1.29, 1.82) is 0 Å². The number of hydrogen-bond acceptors (Lipinski definition) is 4. The molecule has 0 aliphatic rings. The van der Waals surface area contributed by atoms with E-state index in [9.17, 15) is 9.90 Å². The normalized spacial score (nSPS) is 11.7. The average Bonchev–Trinajstić information content (AvgIpc) is 2.77. The van der Waals surface area contributed by atoms with Crippen molar-refractivity contribution >= 4 is 5.97 Å². The largest absolute Gasteiger partial charge is 0.497 e. The highest BCUT2D eigenvalue weighted by atomic mass is 16.5. The van der Waals surface area contributed by atoms with Crippen molar-refractivity contribution in [3.63, 3.8) is 0 Å². The molecule has 3 aromatic rings. The van der Waals surface area contributed by atoms with Gasteiger partial charge in [0, 0.05) is 18.2 Å². The second-order valence-electron chi connectivity index (χ2n) is 6.80. The van der Waals surface area contributed by atoms with Crippen LogP contribution in [0.5, 0.6) is 11.5 Å². The molecule has 0 radical (unpaired) electrons. The fourth-order valence-electron chi connectivity index (χ4n) is 3.21. The predicted octanol–water partition coefficient (Wildman–Crippen LogP) is 4.92. The molecule has 0 saturated heterocycles. The summed E-state index contributed by atoms with van der Waals surface area (Å²) >= 11 is 0. The lowest BCUT2D eigenvalue weighted by atomic mass is 9.99. The number of aromatic carboxylic acids is 1. The van der Waals surface area contributed by atoms with Crippen LogP contribution in [-0.2, 0) is 6.54 Å². The molecule has 0 amide bonds. The molecule has 5 nitrogen and oxygen atoms in total. The summed E-state index contributed by atoms with van der Waals surface area (Å²) in [5.74, 6) is 0.592. The van der Waals surface area contributed by atoms with Crippen molar-refractivity contribution in [1.82, 2.24) is 5.32 Å². The fourth-order valence-corrected chi connectivity index (χ4v) is 3.21. The van der Waals surface area contributed by atoms with Crippen LogP contribution >= 0.6 is 0 Å². The molecular weight excluding hydrogens is 366 g/mol. The number of carboxylic acids is 1. The van der Waals surface area contributed by atoms with Crippen molar-refractivity contribution in [2.75, 3.05) is 14.2 Å². The molecule has 29 heavy (non-hydrogen) atoms. The molecule has 0 bridgehead atoms. The molecule has 3 rings (SSSR count). The first-order valence-corrected chi connectivity index (χ1v) is 9.40. The zero-order valence-electron chi connectivity index (χ0n) is 16.8. The lowest BCUT2D eigenvalue weighted by Gasteiger charge is -2.17. The van der Waals surface area contributed by atoms with Crippen LogP contribution in [0.2, 0.25) is 0 Å². The smallest absolute Gasteiger partial charge is 0.335 e. The highest BCUT2D eigenvalue weighted by Crippen LogP contribution is 2.32. The Labute approximate surface area is 170 Å². The summed E-state index contributed by atoms with van der Waals surface area (Å²) in [7, 11) is 3.28. The lowest BCUT2D eigenvalue weighted by Crippen LogP contribution is -2.18. The quantitative estimate of drug-likeness (QED) is 0.570. The van der Waals surface area contributed by atoms with Crippen LogP contribution in [0.1, 0.15) is 34.5 Å². The van der Waals surface area contributed by atoms with Gasteiger partial charge in [-0.3, -0.25) is 0 Å². The minimum absolute atomic E-state index is 0.144. The second kappa shape index (κ2) is 9.26. The first-order valence-electron chi connectivity index (χ1n) is 9.40. The molecule has 0 saturated carbocycles. The Morgan fingerprint density at radius 2 is 1.79 bits per heavy atom. The summed E-state index contributed by atoms with van der Waals surface area (Å²) in [4.78, 5) is 11.3. The molecule has 0 fully saturated rings. The Morgan fingerprint density at radius 3 is 2.52 bits per heavy atom. The van der Waals surface area contributed by atoms with E-state index in [2.05, 4.69) is 18.3 Å².